The standard InChI is InChI=1S/C26H32N4O7S/c1-26(2,3)37-25(33)27-38(5,36)17-18-14-19(16-20(15-18)30(34)35)28(4)12-8-9-13-29-23(31)21-10-6-7-11-22(21)24(29)32/h6-7,10-11,14-16H,8-9,12-13,17H2,1-5H3. The van der Waals surface area contributed by atoms with E-state index >= 15 is 0 Å². The number of hydrogen-bond donors (Lipinski definition) is 0. The van der Waals surface area contributed by atoms with Crippen LogP contribution in [0.15, 0.2) is 46.8 Å². The minimum Gasteiger partial charge on any atom is -0.442 e. The summed E-state index contributed by atoms with van der Waals surface area (Å²) in [7, 11) is -1.30. The molecule has 0 saturated heterocycles. The van der Waals surface area contributed by atoms with Crippen LogP contribution in [0.4, 0.5) is 16.2 Å². The van der Waals surface area contributed by atoms with Crippen LogP contribution in [0, 0.1) is 10.1 Å². The Morgan fingerprint density at radius 3 is 2.26 bits per heavy atom. The molecule has 0 aromatic heterocycles. The first-order valence-electron chi connectivity index (χ1n) is 12.0. The summed E-state index contributed by atoms with van der Waals surface area (Å²) in [6.07, 6.45) is 1.51. The van der Waals surface area contributed by atoms with Crippen molar-refractivity contribution in [3.63, 3.8) is 0 Å². The Balaban J connectivity index is 1.66. The van der Waals surface area contributed by atoms with E-state index in [0.717, 1.165) is 0 Å². The Hall–Kier alpha value is -3.80. The number of fused-ring (bicyclic) bond motifs is 1. The number of nitro benzene ring substituents is 1. The number of carbonyl (C=O) groups excluding carboxylic acids is 3. The molecule has 1 atom stereocenters. The molecule has 0 aliphatic carbocycles. The second kappa shape index (κ2) is 11.3. The van der Waals surface area contributed by atoms with Gasteiger partial charge in [-0.3, -0.25) is 24.6 Å². The van der Waals surface area contributed by atoms with Crippen molar-refractivity contribution in [1.82, 2.24) is 4.90 Å². The number of nitro groups is 1. The number of carbonyl (C=O) groups is 3. The molecule has 12 heteroatoms. The summed E-state index contributed by atoms with van der Waals surface area (Å²) in [5.74, 6) is -0.779. The molecule has 0 spiro atoms. The van der Waals surface area contributed by atoms with Crippen molar-refractivity contribution < 1.29 is 28.3 Å². The van der Waals surface area contributed by atoms with E-state index in [2.05, 4.69) is 4.36 Å². The number of rotatable bonds is 9. The molecule has 38 heavy (non-hydrogen) atoms. The van der Waals surface area contributed by atoms with Crippen LogP contribution in [-0.4, -0.2) is 63.9 Å². The number of anilines is 1. The third kappa shape index (κ3) is 7.37. The minimum atomic E-state index is -3.06. The molecule has 204 valence electrons. The Bertz CT molecular complexity index is 1360. The molecule has 2 aromatic rings. The van der Waals surface area contributed by atoms with Gasteiger partial charge in [0.2, 0.25) is 0 Å². The quantitative estimate of drug-likeness (QED) is 0.192. The summed E-state index contributed by atoms with van der Waals surface area (Å²) < 4.78 is 21.8. The monoisotopic (exact) mass is 544 g/mol. The highest BCUT2D eigenvalue weighted by Crippen LogP contribution is 2.26. The second-order valence-corrected chi connectivity index (χ2v) is 12.6. The van der Waals surface area contributed by atoms with Crippen LogP contribution in [0.3, 0.4) is 0 Å². The van der Waals surface area contributed by atoms with Crippen LogP contribution in [0.1, 0.15) is 59.9 Å². The van der Waals surface area contributed by atoms with Gasteiger partial charge in [0.05, 0.1) is 31.5 Å². The molecule has 1 heterocycles. The molecule has 0 radical (unpaired) electrons. The first-order valence-corrected chi connectivity index (χ1v) is 14.1. The SMILES string of the molecule is CN(CCCCN1C(=O)c2ccccc2C1=O)c1cc(CS(C)(=O)=NC(=O)OC(C)(C)C)cc([N+](=O)[O-])c1. The maximum atomic E-state index is 13.0. The van der Waals surface area contributed by atoms with Gasteiger partial charge < -0.3 is 9.64 Å². The summed E-state index contributed by atoms with van der Waals surface area (Å²) in [6.45, 7) is 5.76. The summed E-state index contributed by atoms with van der Waals surface area (Å²) in [6, 6.07) is 11.1. The molecule has 2 aromatic carbocycles. The van der Waals surface area contributed by atoms with Gasteiger partial charge in [-0.25, -0.2) is 9.00 Å². The summed E-state index contributed by atoms with van der Waals surface area (Å²) >= 11 is 0. The van der Waals surface area contributed by atoms with Gasteiger partial charge in [-0.05, 0) is 57.4 Å². The molecule has 1 aliphatic heterocycles. The van der Waals surface area contributed by atoms with Crippen molar-refractivity contribution in [2.45, 2.75) is 45.0 Å². The van der Waals surface area contributed by atoms with Crippen molar-refractivity contribution >= 4 is 39.0 Å². The predicted molar refractivity (Wildman–Crippen MR) is 144 cm³/mol. The van der Waals surface area contributed by atoms with E-state index in [0.29, 0.717) is 41.8 Å². The molecular formula is C26H32N4O7S. The van der Waals surface area contributed by atoms with Gasteiger partial charge in [0.15, 0.2) is 0 Å². The van der Waals surface area contributed by atoms with Crippen molar-refractivity contribution in [3.8, 4) is 0 Å². The maximum Gasteiger partial charge on any atom is 0.442 e. The summed E-state index contributed by atoms with van der Waals surface area (Å²) in [5.41, 5.74) is 0.767. The first-order chi connectivity index (χ1) is 17.7. The molecule has 0 fully saturated rings. The molecule has 3 rings (SSSR count). The van der Waals surface area contributed by atoms with Gasteiger partial charge in [0.25, 0.3) is 17.5 Å². The molecular weight excluding hydrogens is 512 g/mol. The smallest absolute Gasteiger partial charge is 0.442 e. The second-order valence-electron chi connectivity index (χ2n) is 10.2. The largest absolute Gasteiger partial charge is 0.442 e. The number of hydrogen-bond acceptors (Lipinski definition) is 8. The molecule has 0 bridgehead atoms. The number of amides is 3. The zero-order valence-corrected chi connectivity index (χ0v) is 22.9. The van der Waals surface area contributed by atoms with E-state index in [1.54, 1.807) is 63.1 Å². The van der Waals surface area contributed by atoms with E-state index in [-0.39, 0.29) is 29.8 Å². The van der Waals surface area contributed by atoms with Crippen molar-refractivity contribution in [1.29, 1.82) is 0 Å². The topological polar surface area (TPSA) is 139 Å². The van der Waals surface area contributed by atoms with Gasteiger partial charge >= 0.3 is 6.09 Å². The van der Waals surface area contributed by atoms with Crippen LogP contribution in [0.2, 0.25) is 0 Å². The van der Waals surface area contributed by atoms with E-state index in [1.165, 1.54) is 23.3 Å². The molecule has 11 nitrogen and oxygen atoms in total. The highest BCUT2D eigenvalue weighted by atomic mass is 32.2. The molecule has 1 aliphatic rings. The number of imide groups is 1. The first kappa shape index (κ1) is 28.8. The predicted octanol–water partition coefficient (Wildman–Crippen LogP) is 4.64. The van der Waals surface area contributed by atoms with Crippen molar-refractivity contribution in [2.24, 2.45) is 4.36 Å². The van der Waals surface area contributed by atoms with Crippen LogP contribution in [0.25, 0.3) is 0 Å². The van der Waals surface area contributed by atoms with E-state index in [1.807, 2.05) is 0 Å². The van der Waals surface area contributed by atoms with Crippen LogP contribution in [-0.2, 0) is 20.2 Å². The Morgan fingerprint density at radius 2 is 1.71 bits per heavy atom. The highest BCUT2D eigenvalue weighted by molar-refractivity contribution is 7.92. The van der Waals surface area contributed by atoms with Crippen molar-refractivity contribution in [2.75, 3.05) is 31.3 Å². The number of ether oxygens (including phenoxy) is 1. The third-order valence-electron chi connectivity index (χ3n) is 5.71. The number of unbranched alkanes of at least 4 members (excludes halogenated alkanes) is 1. The lowest BCUT2D eigenvalue weighted by Crippen LogP contribution is -2.31. The molecule has 0 N–H and O–H groups in total. The van der Waals surface area contributed by atoms with Gasteiger partial charge in [-0.2, -0.15) is 0 Å². The fraction of sp³-hybridized carbons (Fsp3) is 0.423. The maximum absolute atomic E-state index is 13.0. The van der Waals surface area contributed by atoms with Gasteiger partial charge in [-0.1, -0.05) is 12.1 Å². The number of non-ortho nitro benzene ring substituents is 1. The Labute approximate surface area is 222 Å². The molecule has 3 amide bonds. The van der Waals surface area contributed by atoms with Crippen LogP contribution >= 0.6 is 0 Å². The average Bonchev–Trinajstić information content (AvgIpc) is 3.04. The van der Waals surface area contributed by atoms with E-state index in [4.69, 9.17) is 4.74 Å². The lowest BCUT2D eigenvalue weighted by atomic mass is 10.1. The lowest BCUT2D eigenvalue weighted by molar-refractivity contribution is -0.384. The van der Waals surface area contributed by atoms with E-state index in [9.17, 15) is 28.7 Å². The Kier molecular flexibility index (Phi) is 8.55. The zero-order valence-electron chi connectivity index (χ0n) is 22.1. The third-order valence-corrected chi connectivity index (χ3v) is 7.12. The summed E-state index contributed by atoms with van der Waals surface area (Å²) in [4.78, 5) is 51.1. The fourth-order valence-electron chi connectivity index (χ4n) is 4.04. The number of nitrogens with zero attached hydrogens (tertiary/aromatic N) is 4. The van der Waals surface area contributed by atoms with Gasteiger partial charge in [0, 0.05) is 44.2 Å². The highest BCUT2D eigenvalue weighted by Gasteiger charge is 2.34. The molecule has 0 saturated carbocycles. The van der Waals surface area contributed by atoms with Gasteiger partial charge in [-0.15, -0.1) is 4.36 Å². The zero-order chi connectivity index (χ0) is 28.3. The minimum absolute atomic E-state index is 0.172. The normalized spacial score (nSPS) is 14.6. The summed E-state index contributed by atoms with van der Waals surface area (Å²) in [5, 5.41) is 11.5. The van der Waals surface area contributed by atoms with Crippen molar-refractivity contribution in [3.05, 3.63) is 69.3 Å². The molecule has 1 unspecified atom stereocenters. The lowest BCUT2D eigenvalue weighted by Gasteiger charge is -2.21. The van der Waals surface area contributed by atoms with Crippen LogP contribution in [0.5, 0.6) is 0 Å². The average molecular weight is 545 g/mol. The number of benzene rings is 2. The Morgan fingerprint density at radius 1 is 1.11 bits per heavy atom. The van der Waals surface area contributed by atoms with E-state index < -0.39 is 26.3 Å². The van der Waals surface area contributed by atoms with Crippen LogP contribution < -0.4 is 4.90 Å². The van der Waals surface area contributed by atoms with Gasteiger partial charge in [0.1, 0.15) is 5.60 Å². The fourth-order valence-corrected chi connectivity index (χ4v) is 5.24.